The van der Waals surface area contributed by atoms with Gasteiger partial charge in [-0.05, 0) is 19.4 Å². The van der Waals surface area contributed by atoms with Gasteiger partial charge in [0.25, 0.3) is 0 Å². The van der Waals surface area contributed by atoms with Gasteiger partial charge in [-0.25, -0.2) is 4.98 Å². The van der Waals surface area contributed by atoms with Gasteiger partial charge in [0.05, 0.1) is 12.9 Å². The summed E-state index contributed by atoms with van der Waals surface area (Å²) in [7, 11) is 0. The maximum atomic E-state index is 11.3. The van der Waals surface area contributed by atoms with E-state index in [1.165, 1.54) is 0 Å². The van der Waals surface area contributed by atoms with Crippen LogP contribution in [0.1, 0.15) is 13.8 Å². The van der Waals surface area contributed by atoms with Gasteiger partial charge < -0.3 is 4.57 Å². The smallest absolute Gasteiger partial charge is 0.177 e. The number of ketones is 1. The Balaban J connectivity index is 2.59. The molecule has 0 fully saturated rings. The zero-order chi connectivity index (χ0) is 8.97. The predicted octanol–water partition coefficient (Wildman–Crippen LogP) is 1.42. The summed E-state index contributed by atoms with van der Waals surface area (Å²) < 4.78 is 1.76. The SMILES string of the molecule is CC=C(C)C(=O)Cn1ccnc1. The van der Waals surface area contributed by atoms with Crippen LogP contribution in [0.3, 0.4) is 0 Å². The van der Waals surface area contributed by atoms with Crippen molar-refractivity contribution in [2.75, 3.05) is 0 Å². The summed E-state index contributed by atoms with van der Waals surface area (Å²) in [6.45, 7) is 4.07. The minimum Gasteiger partial charge on any atom is -0.330 e. The first-order valence-corrected chi connectivity index (χ1v) is 3.86. The van der Waals surface area contributed by atoms with Crippen LogP contribution in [0.2, 0.25) is 0 Å². The number of allylic oxidation sites excluding steroid dienone is 2. The Labute approximate surface area is 71.7 Å². The maximum Gasteiger partial charge on any atom is 0.177 e. The summed E-state index contributed by atoms with van der Waals surface area (Å²) in [4.78, 5) is 15.2. The highest BCUT2D eigenvalue weighted by Gasteiger charge is 2.02. The first-order valence-electron chi connectivity index (χ1n) is 3.86. The van der Waals surface area contributed by atoms with Crippen LogP contribution in [0.5, 0.6) is 0 Å². The van der Waals surface area contributed by atoms with Crippen LogP contribution < -0.4 is 0 Å². The summed E-state index contributed by atoms with van der Waals surface area (Å²) in [5, 5.41) is 0. The molecule has 1 heterocycles. The molecule has 0 spiro atoms. The molecule has 12 heavy (non-hydrogen) atoms. The average molecular weight is 164 g/mol. The number of rotatable bonds is 3. The molecule has 64 valence electrons. The monoisotopic (exact) mass is 164 g/mol. The van der Waals surface area contributed by atoms with E-state index in [0.29, 0.717) is 6.54 Å². The van der Waals surface area contributed by atoms with E-state index >= 15 is 0 Å². The standard InChI is InChI=1S/C9H12N2O/c1-3-8(2)9(12)6-11-5-4-10-7-11/h3-5,7H,6H2,1-2H3. The van der Waals surface area contributed by atoms with E-state index in [1.54, 1.807) is 23.3 Å². The molecule has 0 aliphatic rings. The molecule has 0 N–H and O–H groups in total. The molecular formula is C9H12N2O. The van der Waals surface area contributed by atoms with E-state index < -0.39 is 0 Å². The van der Waals surface area contributed by atoms with E-state index in [4.69, 9.17) is 0 Å². The lowest BCUT2D eigenvalue weighted by atomic mass is 10.2. The van der Waals surface area contributed by atoms with E-state index in [1.807, 2.05) is 19.9 Å². The van der Waals surface area contributed by atoms with Crippen molar-refractivity contribution in [2.24, 2.45) is 0 Å². The first-order chi connectivity index (χ1) is 5.74. The maximum absolute atomic E-state index is 11.3. The molecule has 3 nitrogen and oxygen atoms in total. The number of carbonyl (C=O) groups is 1. The normalized spacial score (nSPS) is 11.7. The van der Waals surface area contributed by atoms with Crippen LogP contribution in [0, 0.1) is 0 Å². The van der Waals surface area contributed by atoms with Gasteiger partial charge in [-0.3, -0.25) is 4.79 Å². The molecule has 0 saturated heterocycles. The summed E-state index contributed by atoms with van der Waals surface area (Å²) >= 11 is 0. The second kappa shape index (κ2) is 3.85. The molecule has 0 atom stereocenters. The van der Waals surface area contributed by atoms with E-state index in [2.05, 4.69) is 4.98 Å². The quantitative estimate of drug-likeness (QED) is 0.633. The average Bonchev–Trinajstić information content (AvgIpc) is 2.55. The van der Waals surface area contributed by atoms with Gasteiger partial charge in [-0.2, -0.15) is 0 Å². The third-order valence-electron chi connectivity index (χ3n) is 1.76. The van der Waals surface area contributed by atoms with E-state index in [9.17, 15) is 4.79 Å². The summed E-state index contributed by atoms with van der Waals surface area (Å²) in [6, 6.07) is 0. The van der Waals surface area contributed by atoms with Crippen molar-refractivity contribution in [1.29, 1.82) is 0 Å². The number of hydrogen-bond donors (Lipinski definition) is 0. The number of imidazole rings is 1. The molecule has 0 unspecified atom stereocenters. The fourth-order valence-corrected chi connectivity index (χ4v) is 0.832. The molecule has 1 aromatic rings. The lowest BCUT2D eigenvalue weighted by molar-refractivity contribution is -0.116. The molecule has 1 rings (SSSR count). The molecular weight excluding hydrogens is 152 g/mol. The van der Waals surface area contributed by atoms with Gasteiger partial charge >= 0.3 is 0 Å². The van der Waals surface area contributed by atoms with E-state index in [0.717, 1.165) is 5.57 Å². The lowest BCUT2D eigenvalue weighted by Gasteiger charge is -2.00. The minimum absolute atomic E-state index is 0.135. The van der Waals surface area contributed by atoms with Gasteiger partial charge in [0, 0.05) is 12.4 Å². The van der Waals surface area contributed by atoms with Crippen LogP contribution >= 0.6 is 0 Å². The van der Waals surface area contributed by atoms with Crippen LogP contribution in [0.15, 0.2) is 30.4 Å². The number of nitrogens with zero attached hydrogens (tertiary/aromatic N) is 2. The summed E-state index contributed by atoms with van der Waals surface area (Å²) in [5.41, 5.74) is 0.795. The molecule has 0 radical (unpaired) electrons. The third-order valence-corrected chi connectivity index (χ3v) is 1.76. The fourth-order valence-electron chi connectivity index (χ4n) is 0.832. The molecule has 1 aromatic heterocycles. The highest BCUT2D eigenvalue weighted by molar-refractivity contribution is 5.94. The van der Waals surface area contributed by atoms with Gasteiger partial charge in [0.2, 0.25) is 0 Å². The van der Waals surface area contributed by atoms with Crippen molar-refractivity contribution in [3.05, 3.63) is 30.4 Å². The van der Waals surface area contributed by atoms with Gasteiger partial charge in [0.15, 0.2) is 5.78 Å². The molecule has 0 saturated carbocycles. The second-order valence-corrected chi connectivity index (χ2v) is 2.63. The first kappa shape index (κ1) is 8.71. The topological polar surface area (TPSA) is 34.9 Å². The summed E-state index contributed by atoms with van der Waals surface area (Å²) in [5.74, 6) is 0.135. The molecule has 0 amide bonds. The Bertz CT molecular complexity index is 285. The molecule has 0 aromatic carbocycles. The van der Waals surface area contributed by atoms with Crippen molar-refractivity contribution < 1.29 is 4.79 Å². The van der Waals surface area contributed by atoms with Crippen LogP contribution in [-0.2, 0) is 11.3 Å². The molecule has 0 aliphatic heterocycles. The van der Waals surface area contributed by atoms with Crippen molar-refractivity contribution in [2.45, 2.75) is 20.4 Å². The Morgan fingerprint density at radius 3 is 2.92 bits per heavy atom. The Morgan fingerprint density at radius 1 is 1.67 bits per heavy atom. The molecule has 0 aliphatic carbocycles. The second-order valence-electron chi connectivity index (χ2n) is 2.63. The Kier molecular flexibility index (Phi) is 2.80. The fraction of sp³-hybridized carbons (Fsp3) is 0.333. The number of Topliss-reactive ketones (excluding diaryl/α,β-unsaturated/α-hetero) is 1. The van der Waals surface area contributed by atoms with Crippen LogP contribution in [-0.4, -0.2) is 15.3 Å². The van der Waals surface area contributed by atoms with Crippen molar-refractivity contribution in [3.8, 4) is 0 Å². The van der Waals surface area contributed by atoms with Gasteiger partial charge in [-0.15, -0.1) is 0 Å². The number of hydrogen-bond acceptors (Lipinski definition) is 2. The highest BCUT2D eigenvalue weighted by Crippen LogP contribution is 1.97. The van der Waals surface area contributed by atoms with Crippen molar-refractivity contribution in [1.82, 2.24) is 9.55 Å². The van der Waals surface area contributed by atoms with Gasteiger partial charge in [0.1, 0.15) is 0 Å². The zero-order valence-corrected chi connectivity index (χ0v) is 7.32. The molecule has 3 heteroatoms. The lowest BCUT2D eigenvalue weighted by Crippen LogP contribution is -2.09. The van der Waals surface area contributed by atoms with Crippen LogP contribution in [0.4, 0.5) is 0 Å². The summed E-state index contributed by atoms with van der Waals surface area (Å²) in [6.07, 6.45) is 6.90. The van der Waals surface area contributed by atoms with E-state index in [-0.39, 0.29) is 5.78 Å². The van der Waals surface area contributed by atoms with Crippen LogP contribution in [0.25, 0.3) is 0 Å². The Hall–Kier alpha value is -1.38. The van der Waals surface area contributed by atoms with Gasteiger partial charge in [-0.1, -0.05) is 6.08 Å². The molecule has 0 bridgehead atoms. The largest absolute Gasteiger partial charge is 0.330 e. The zero-order valence-electron chi connectivity index (χ0n) is 7.32. The highest BCUT2D eigenvalue weighted by atomic mass is 16.1. The predicted molar refractivity (Wildman–Crippen MR) is 46.7 cm³/mol. The third kappa shape index (κ3) is 2.05. The minimum atomic E-state index is 0.135. The Morgan fingerprint density at radius 2 is 2.42 bits per heavy atom. The number of carbonyl (C=O) groups excluding carboxylic acids is 1. The number of aromatic nitrogens is 2. The van der Waals surface area contributed by atoms with Crippen molar-refractivity contribution >= 4 is 5.78 Å². The van der Waals surface area contributed by atoms with Crippen molar-refractivity contribution in [3.63, 3.8) is 0 Å².